The molecule has 0 saturated heterocycles. The fraction of sp³-hybridized carbons (Fsp3) is 0.357. The summed E-state index contributed by atoms with van der Waals surface area (Å²) in [5.74, 6) is 1.16. The Morgan fingerprint density at radius 1 is 1.33 bits per heavy atom. The highest BCUT2D eigenvalue weighted by molar-refractivity contribution is 6.30. The van der Waals surface area contributed by atoms with Gasteiger partial charge in [0.15, 0.2) is 5.82 Å². The monoisotopic (exact) mass is 263 g/mol. The Kier molecular flexibility index (Phi) is 3.92. The van der Waals surface area contributed by atoms with Crippen molar-refractivity contribution in [3.63, 3.8) is 0 Å². The first-order valence-electron chi connectivity index (χ1n) is 6.20. The number of hydrogen-bond donors (Lipinski definition) is 2. The van der Waals surface area contributed by atoms with Crippen LogP contribution in [0.25, 0.3) is 11.1 Å². The second-order valence-electron chi connectivity index (χ2n) is 4.69. The minimum absolute atomic E-state index is 0.552. The van der Waals surface area contributed by atoms with E-state index < -0.39 is 0 Å². The average molecular weight is 264 g/mol. The van der Waals surface area contributed by atoms with Gasteiger partial charge in [-0.1, -0.05) is 44.0 Å². The van der Waals surface area contributed by atoms with E-state index in [9.17, 15) is 0 Å². The molecule has 3 N–H and O–H groups in total. The molecule has 0 bridgehead atoms. The summed E-state index contributed by atoms with van der Waals surface area (Å²) in [5.41, 5.74) is 9.12. The number of nitrogen functional groups attached to an aromatic ring is 1. The number of nitrogens with zero attached hydrogens (tertiary/aromatic N) is 1. The predicted octanol–water partition coefficient (Wildman–Crippen LogP) is 3.90. The van der Waals surface area contributed by atoms with Gasteiger partial charge in [-0.3, -0.25) is 5.10 Å². The van der Waals surface area contributed by atoms with Gasteiger partial charge in [0.2, 0.25) is 0 Å². The molecule has 1 unspecified atom stereocenters. The van der Waals surface area contributed by atoms with Crippen molar-refractivity contribution in [1.82, 2.24) is 10.2 Å². The van der Waals surface area contributed by atoms with Gasteiger partial charge in [-0.25, -0.2) is 0 Å². The third kappa shape index (κ3) is 2.67. The molecule has 1 aromatic heterocycles. The molecule has 0 spiro atoms. The summed E-state index contributed by atoms with van der Waals surface area (Å²) in [7, 11) is 0. The first-order chi connectivity index (χ1) is 8.61. The van der Waals surface area contributed by atoms with Crippen LogP contribution in [0.15, 0.2) is 24.3 Å². The highest BCUT2D eigenvalue weighted by Gasteiger charge is 2.14. The van der Waals surface area contributed by atoms with Crippen LogP contribution in [0.2, 0.25) is 5.02 Å². The van der Waals surface area contributed by atoms with Crippen LogP contribution < -0.4 is 5.73 Å². The van der Waals surface area contributed by atoms with E-state index in [4.69, 9.17) is 17.3 Å². The second-order valence-corrected chi connectivity index (χ2v) is 5.12. The number of H-pyrrole nitrogens is 1. The molecular formula is C14H18ClN3. The number of rotatable bonds is 4. The van der Waals surface area contributed by atoms with Crippen LogP contribution in [0, 0.1) is 5.92 Å². The lowest BCUT2D eigenvalue weighted by atomic mass is 9.97. The first kappa shape index (κ1) is 13.0. The Balaban J connectivity index is 2.37. The summed E-state index contributed by atoms with van der Waals surface area (Å²) in [5, 5.41) is 7.89. The van der Waals surface area contributed by atoms with Crippen molar-refractivity contribution in [3.05, 3.63) is 35.0 Å². The average Bonchev–Trinajstić information content (AvgIpc) is 2.72. The highest BCUT2D eigenvalue weighted by Crippen LogP contribution is 2.30. The smallest absolute Gasteiger partial charge is 0.153 e. The van der Waals surface area contributed by atoms with Gasteiger partial charge >= 0.3 is 0 Å². The van der Waals surface area contributed by atoms with Crippen molar-refractivity contribution in [2.75, 3.05) is 5.73 Å². The maximum atomic E-state index is 5.95. The lowest BCUT2D eigenvalue weighted by Crippen LogP contribution is -2.00. The fourth-order valence-electron chi connectivity index (χ4n) is 1.97. The molecule has 0 saturated carbocycles. The van der Waals surface area contributed by atoms with Crippen molar-refractivity contribution in [3.8, 4) is 11.1 Å². The van der Waals surface area contributed by atoms with Gasteiger partial charge in [0, 0.05) is 16.3 Å². The van der Waals surface area contributed by atoms with Crippen LogP contribution in [-0.4, -0.2) is 10.2 Å². The maximum absolute atomic E-state index is 5.95. The molecule has 0 aliphatic rings. The fourth-order valence-corrected chi connectivity index (χ4v) is 2.10. The van der Waals surface area contributed by atoms with Crippen molar-refractivity contribution < 1.29 is 0 Å². The zero-order valence-corrected chi connectivity index (χ0v) is 11.5. The molecule has 1 heterocycles. The van der Waals surface area contributed by atoms with Crippen molar-refractivity contribution in [2.24, 2.45) is 5.92 Å². The topological polar surface area (TPSA) is 54.7 Å². The molecule has 4 heteroatoms. The van der Waals surface area contributed by atoms with Crippen LogP contribution in [0.3, 0.4) is 0 Å². The predicted molar refractivity (Wildman–Crippen MR) is 76.6 cm³/mol. The van der Waals surface area contributed by atoms with Crippen molar-refractivity contribution >= 4 is 17.4 Å². The minimum Gasteiger partial charge on any atom is -0.382 e. The van der Waals surface area contributed by atoms with Gasteiger partial charge in [-0.15, -0.1) is 0 Å². The molecule has 1 aromatic carbocycles. The van der Waals surface area contributed by atoms with E-state index in [0.717, 1.165) is 34.7 Å². The lowest BCUT2D eigenvalue weighted by Gasteiger charge is -2.09. The lowest BCUT2D eigenvalue weighted by molar-refractivity contribution is 0.552. The number of hydrogen-bond acceptors (Lipinski definition) is 2. The third-order valence-corrected chi connectivity index (χ3v) is 3.50. The van der Waals surface area contributed by atoms with Gasteiger partial charge in [0.1, 0.15) is 0 Å². The Morgan fingerprint density at radius 3 is 2.61 bits per heavy atom. The number of nitrogens with two attached hydrogens (primary N) is 1. The molecule has 18 heavy (non-hydrogen) atoms. The molecule has 2 rings (SSSR count). The number of halogens is 1. The summed E-state index contributed by atoms with van der Waals surface area (Å²) < 4.78 is 0. The normalized spacial score (nSPS) is 12.6. The molecule has 2 aromatic rings. The van der Waals surface area contributed by atoms with Crippen molar-refractivity contribution in [1.29, 1.82) is 0 Å². The van der Waals surface area contributed by atoms with Crippen LogP contribution in [0.4, 0.5) is 5.82 Å². The molecule has 0 aliphatic carbocycles. The van der Waals surface area contributed by atoms with Gasteiger partial charge in [0.05, 0.1) is 0 Å². The number of aromatic nitrogens is 2. The summed E-state index contributed by atoms with van der Waals surface area (Å²) in [4.78, 5) is 0. The minimum atomic E-state index is 0.552. The Bertz CT molecular complexity index is 516. The second kappa shape index (κ2) is 5.44. The van der Waals surface area contributed by atoms with E-state index in [2.05, 4.69) is 24.0 Å². The zero-order chi connectivity index (χ0) is 13.1. The SMILES string of the molecule is CCC(C)Cc1[nH]nc(N)c1-c1ccc(Cl)cc1. The van der Waals surface area contributed by atoms with Gasteiger partial charge < -0.3 is 5.73 Å². The van der Waals surface area contributed by atoms with Gasteiger partial charge in [0.25, 0.3) is 0 Å². The van der Waals surface area contributed by atoms with Crippen molar-refractivity contribution in [2.45, 2.75) is 26.7 Å². The van der Waals surface area contributed by atoms with E-state index in [1.54, 1.807) is 0 Å². The van der Waals surface area contributed by atoms with Gasteiger partial charge in [-0.2, -0.15) is 5.10 Å². The quantitative estimate of drug-likeness (QED) is 0.879. The molecule has 3 nitrogen and oxygen atoms in total. The van der Waals surface area contributed by atoms with E-state index in [1.165, 1.54) is 0 Å². The molecule has 0 fully saturated rings. The number of aromatic amines is 1. The number of nitrogens with one attached hydrogen (secondary N) is 1. The summed E-state index contributed by atoms with van der Waals surface area (Å²) >= 11 is 5.90. The molecule has 0 radical (unpaired) electrons. The largest absolute Gasteiger partial charge is 0.382 e. The highest BCUT2D eigenvalue weighted by atomic mass is 35.5. The maximum Gasteiger partial charge on any atom is 0.153 e. The molecule has 96 valence electrons. The van der Waals surface area contributed by atoms with E-state index >= 15 is 0 Å². The van der Waals surface area contributed by atoms with E-state index in [1.807, 2.05) is 24.3 Å². The molecule has 0 amide bonds. The van der Waals surface area contributed by atoms with Crippen LogP contribution in [-0.2, 0) is 6.42 Å². The number of anilines is 1. The molecular weight excluding hydrogens is 246 g/mol. The molecule has 0 aliphatic heterocycles. The molecule has 1 atom stereocenters. The first-order valence-corrected chi connectivity index (χ1v) is 6.58. The summed E-state index contributed by atoms with van der Waals surface area (Å²) in [6.07, 6.45) is 2.09. The standard InChI is InChI=1S/C14H18ClN3/c1-3-9(2)8-12-13(14(16)18-17-12)10-4-6-11(15)7-5-10/h4-7,9H,3,8H2,1-2H3,(H3,16,17,18). The Morgan fingerprint density at radius 2 is 2.00 bits per heavy atom. The van der Waals surface area contributed by atoms with Crippen LogP contribution >= 0.6 is 11.6 Å². The third-order valence-electron chi connectivity index (χ3n) is 3.25. The van der Waals surface area contributed by atoms with Crippen LogP contribution in [0.5, 0.6) is 0 Å². The van der Waals surface area contributed by atoms with E-state index in [0.29, 0.717) is 11.7 Å². The summed E-state index contributed by atoms with van der Waals surface area (Å²) in [6.45, 7) is 4.41. The van der Waals surface area contributed by atoms with E-state index in [-0.39, 0.29) is 0 Å². The summed E-state index contributed by atoms with van der Waals surface area (Å²) in [6, 6.07) is 7.69. The van der Waals surface area contributed by atoms with Gasteiger partial charge in [-0.05, 0) is 30.0 Å². The Hall–Kier alpha value is -1.48. The Labute approximate surface area is 112 Å². The van der Waals surface area contributed by atoms with Crippen LogP contribution in [0.1, 0.15) is 26.0 Å². The number of benzene rings is 1. The zero-order valence-electron chi connectivity index (χ0n) is 10.7.